The van der Waals surface area contributed by atoms with Crippen molar-refractivity contribution in [1.29, 1.82) is 0 Å². The second-order valence-electron chi connectivity index (χ2n) is 5.75. The second kappa shape index (κ2) is 5.80. The molecule has 1 atom stereocenters. The summed E-state index contributed by atoms with van der Waals surface area (Å²) in [5, 5.41) is 0. The Balaban J connectivity index is 1.82. The predicted molar refractivity (Wildman–Crippen MR) is 82.2 cm³/mol. The van der Waals surface area contributed by atoms with Crippen LogP contribution in [0.5, 0.6) is 0 Å². The van der Waals surface area contributed by atoms with Crippen LogP contribution in [0.15, 0.2) is 30.6 Å². The highest BCUT2D eigenvalue weighted by molar-refractivity contribution is 5.38. The van der Waals surface area contributed by atoms with Gasteiger partial charge in [0.15, 0.2) is 0 Å². The van der Waals surface area contributed by atoms with Gasteiger partial charge in [-0.3, -0.25) is 0 Å². The molecule has 0 amide bonds. The maximum atomic E-state index is 6.01. The minimum Gasteiger partial charge on any atom is -0.327 e. The van der Waals surface area contributed by atoms with E-state index in [1.165, 1.54) is 35.5 Å². The predicted octanol–water partition coefficient (Wildman–Crippen LogP) is 3.03. The van der Waals surface area contributed by atoms with Crippen LogP contribution in [0.4, 0.5) is 0 Å². The van der Waals surface area contributed by atoms with Crippen LogP contribution in [0.1, 0.15) is 43.1 Å². The lowest BCUT2D eigenvalue weighted by atomic mass is 10.0. The summed E-state index contributed by atoms with van der Waals surface area (Å²) in [4.78, 5) is 4.56. The quantitative estimate of drug-likeness (QED) is 0.927. The number of benzene rings is 1. The molecule has 1 heterocycles. The smallest absolute Gasteiger partial charge is 0.0997 e. The van der Waals surface area contributed by atoms with Crippen molar-refractivity contribution < 1.29 is 0 Å². The molecule has 1 aromatic carbocycles. The van der Waals surface area contributed by atoms with Crippen LogP contribution in [0.3, 0.4) is 0 Å². The minimum atomic E-state index is 0.266. The zero-order valence-electron chi connectivity index (χ0n) is 12.2. The number of fused-ring (bicyclic) bond motifs is 1. The highest BCUT2D eigenvalue weighted by atomic mass is 15.1. The van der Waals surface area contributed by atoms with E-state index in [2.05, 4.69) is 40.7 Å². The minimum absolute atomic E-state index is 0.266. The van der Waals surface area contributed by atoms with E-state index in [-0.39, 0.29) is 6.04 Å². The molecule has 20 heavy (non-hydrogen) atoms. The molecule has 3 heteroatoms. The zero-order valence-corrected chi connectivity index (χ0v) is 12.2. The largest absolute Gasteiger partial charge is 0.327 e. The van der Waals surface area contributed by atoms with Crippen molar-refractivity contribution in [1.82, 2.24) is 9.55 Å². The average Bonchev–Trinajstić information content (AvgIpc) is 2.92. The van der Waals surface area contributed by atoms with Crippen LogP contribution in [0.2, 0.25) is 0 Å². The number of rotatable bonds is 4. The first-order valence-corrected chi connectivity index (χ1v) is 7.68. The molecule has 2 aromatic rings. The van der Waals surface area contributed by atoms with Crippen LogP contribution in [-0.2, 0) is 19.3 Å². The highest BCUT2D eigenvalue weighted by Gasteiger charge is 2.15. The van der Waals surface area contributed by atoms with Crippen LogP contribution < -0.4 is 5.73 Å². The first-order valence-electron chi connectivity index (χ1n) is 7.68. The zero-order chi connectivity index (χ0) is 13.9. The molecular formula is C17H23N3. The van der Waals surface area contributed by atoms with Gasteiger partial charge in [0, 0.05) is 17.4 Å². The lowest BCUT2D eigenvalue weighted by Crippen LogP contribution is -2.21. The number of hydrogen-bond donors (Lipinski definition) is 1. The fraction of sp³-hybridized carbons (Fsp3) is 0.471. The monoisotopic (exact) mass is 269 g/mol. The molecule has 3 nitrogen and oxygen atoms in total. The van der Waals surface area contributed by atoms with E-state index in [0.717, 1.165) is 25.7 Å². The summed E-state index contributed by atoms with van der Waals surface area (Å²) in [6, 6.07) is 9.03. The number of imidazole rings is 1. The Kier molecular flexibility index (Phi) is 3.88. The summed E-state index contributed by atoms with van der Waals surface area (Å²) in [7, 11) is 0. The first-order chi connectivity index (χ1) is 9.78. The van der Waals surface area contributed by atoms with Crippen molar-refractivity contribution in [3.8, 4) is 5.69 Å². The van der Waals surface area contributed by atoms with Crippen molar-refractivity contribution in [2.45, 2.75) is 51.5 Å². The molecule has 0 radical (unpaired) electrons. The summed E-state index contributed by atoms with van der Waals surface area (Å²) < 4.78 is 2.25. The Hall–Kier alpha value is -1.61. The Morgan fingerprint density at radius 2 is 1.95 bits per heavy atom. The SMILES string of the molecule is CCC(N)Cc1ccc(-n2cnc3c2CCCC3)cc1. The molecular weight excluding hydrogens is 246 g/mol. The number of nitrogens with two attached hydrogens (primary N) is 1. The summed E-state index contributed by atoms with van der Waals surface area (Å²) in [6.45, 7) is 2.14. The third-order valence-electron chi connectivity index (χ3n) is 4.27. The van der Waals surface area contributed by atoms with Gasteiger partial charge >= 0.3 is 0 Å². The number of hydrogen-bond acceptors (Lipinski definition) is 2. The van der Waals surface area contributed by atoms with Gasteiger partial charge in [0.25, 0.3) is 0 Å². The first kappa shape index (κ1) is 13.4. The van der Waals surface area contributed by atoms with Crippen molar-refractivity contribution in [3.63, 3.8) is 0 Å². The molecule has 3 rings (SSSR count). The molecule has 2 N–H and O–H groups in total. The molecule has 0 saturated carbocycles. The van der Waals surface area contributed by atoms with Gasteiger partial charge < -0.3 is 10.3 Å². The lowest BCUT2D eigenvalue weighted by Gasteiger charge is -2.14. The van der Waals surface area contributed by atoms with Crippen molar-refractivity contribution in [2.24, 2.45) is 5.73 Å². The molecule has 1 aromatic heterocycles. The summed E-state index contributed by atoms with van der Waals surface area (Å²) >= 11 is 0. The topological polar surface area (TPSA) is 43.8 Å². The van der Waals surface area contributed by atoms with E-state index in [0.29, 0.717) is 0 Å². The molecule has 106 valence electrons. The third kappa shape index (κ3) is 2.63. The van der Waals surface area contributed by atoms with Crippen molar-refractivity contribution in [3.05, 3.63) is 47.5 Å². The Morgan fingerprint density at radius 3 is 2.70 bits per heavy atom. The Labute approximate surface area is 120 Å². The molecule has 0 fully saturated rings. The van der Waals surface area contributed by atoms with Crippen LogP contribution in [-0.4, -0.2) is 15.6 Å². The summed E-state index contributed by atoms with van der Waals surface area (Å²) in [5.74, 6) is 0. The van der Waals surface area contributed by atoms with Crippen molar-refractivity contribution in [2.75, 3.05) is 0 Å². The van der Waals surface area contributed by atoms with Crippen molar-refractivity contribution >= 4 is 0 Å². The number of nitrogens with zero attached hydrogens (tertiary/aromatic N) is 2. The van der Waals surface area contributed by atoms with E-state index < -0.39 is 0 Å². The lowest BCUT2D eigenvalue weighted by molar-refractivity contribution is 0.646. The molecule has 0 aliphatic heterocycles. The Morgan fingerprint density at radius 1 is 1.20 bits per heavy atom. The summed E-state index contributed by atoms with van der Waals surface area (Å²) in [5.41, 5.74) is 11.2. The maximum Gasteiger partial charge on any atom is 0.0997 e. The van der Waals surface area contributed by atoms with Gasteiger partial charge in [0.2, 0.25) is 0 Å². The van der Waals surface area contributed by atoms with E-state index in [4.69, 9.17) is 5.73 Å². The van der Waals surface area contributed by atoms with E-state index >= 15 is 0 Å². The van der Waals surface area contributed by atoms with Gasteiger partial charge in [-0.25, -0.2) is 4.98 Å². The Bertz CT molecular complexity index is 568. The van der Waals surface area contributed by atoms with Gasteiger partial charge in [-0.05, 0) is 56.2 Å². The van der Waals surface area contributed by atoms with Crippen LogP contribution in [0.25, 0.3) is 5.69 Å². The normalized spacial score (nSPS) is 15.9. The van der Waals surface area contributed by atoms with E-state index in [1.54, 1.807) is 0 Å². The fourth-order valence-corrected chi connectivity index (χ4v) is 2.93. The van der Waals surface area contributed by atoms with Gasteiger partial charge in [-0.1, -0.05) is 19.1 Å². The third-order valence-corrected chi connectivity index (χ3v) is 4.27. The molecule has 1 unspecified atom stereocenters. The van der Waals surface area contributed by atoms with Crippen LogP contribution >= 0.6 is 0 Å². The maximum absolute atomic E-state index is 6.01. The summed E-state index contributed by atoms with van der Waals surface area (Å²) in [6.07, 6.45) is 8.79. The second-order valence-corrected chi connectivity index (χ2v) is 5.75. The van der Waals surface area contributed by atoms with E-state index in [9.17, 15) is 0 Å². The highest BCUT2D eigenvalue weighted by Crippen LogP contribution is 2.23. The molecule has 0 saturated heterocycles. The fourth-order valence-electron chi connectivity index (χ4n) is 2.93. The molecule has 1 aliphatic carbocycles. The molecule has 0 bridgehead atoms. The van der Waals surface area contributed by atoms with Gasteiger partial charge in [0.05, 0.1) is 12.0 Å². The van der Waals surface area contributed by atoms with Gasteiger partial charge in [0.1, 0.15) is 0 Å². The molecule has 1 aliphatic rings. The van der Waals surface area contributed by atoms with Gasteiger partial charge in [-0.2, -0.15) is 0 Å². The molecule has 0 spiro atoms. The van der Waals surface area contributed by atoms with Gasteiger partial charge in [-0.15, -0.1) is 0 Å². The average molecular weight is 269 g/mol. The number of aromatic nitrogens is 2. The standard InChI is InChI=1S/C17H23N3/c1-2-14(18)11-13-7-9-15(10-8-13)20-12-19-16-5-3-4-6-17(16)20/h7-10,12,14H,2-6,11,18H2,1H3. The number of aryl methyl sites for hydroxylation is 1. The van der Waals surface area contributed by atoms with E-state index in [1.807, 2.05) is 6.33 Å². The van der Waals surface area contributed by atoms with Crippen LogP contribution in [0, 0.1) is 0 Å².